The number of carbonyl (C=O) groups excluding carboxylic acids is 1. The second kappa shape index (κ2) is 6.77. The van der Waals surface area contributed by atoms with Crippen LogP contribution < -0.4 is 11.4 Å². The maximum atomic E-state index is 12.8. The van der Waals surface area contributed by atoms with Crippen LogP contribution in [-0.2, 0) is 0 Å². The van der Waals surface area contributed by atoms with Crippen molar-refractivity contribution in [3.63, 3.8) is 0 Å². The quantitative estimate of drug-likeness (QED) is 0.739. The maximum Gasteiger partial charge on any atom is 0.344 e. The first kappa shape index (κ1) is 16.5. The number of amides is 1. The van der Waals surface area contributed by atoms with Crippen LogP contribution >= 0.6 is 0 Å². The zero-order valence-electron chi connectivity index (χ0n) is 14.4. The molecule has 1 aliphatic rings. The van der Waals surface area contributed by atoms with Crippen LogP contribution in [0, 0.1) is 5.92 Å². The van der Waals surface area contributed by atoms with Gasteiger partial charge in [0.25, 0.3) is 5.91 Å². The van der Waals surface area contributed by atoms with Gasteiger partial charge in [-0.05, 0) is 48.7 Å². The number of hydrogen-bond acceptors (Lipinski definition) is 4. The molecule has 1 amide bonds. The van der Waals surface area contributed by atoms with Gasteiger partial charge in [-0.2, -0.15) is 0 Å². The van der Waals surface area contributed by atoms with Gasteiger partial charge in [0.2, 0.25) is 0 Å². The molecule has 132 valence electrons. The van der Waals surface area contributed by atoms with Gasteiger partial charge in [-0.3, -0.25) is 4.79 Å². The third kappa shape index (κ3) is 3.02. The number of benzene rings is 2. The van der Waals surface area contributed by atoms with Crippen molar-refractivity contribution in [3.8, 4) is 11.1 Å². The summed E-state index contributed by atoms with van der Waals surface area (Å²) in [5, 5.41) is 0.851. The number of fused-ring (bicyclic) bond motifs is 1. The Kier molecular flexibility index (Phi) is 4.31. The zero-order chi connectivity index (χ0) is 18.1. The van der Waals surface area contributed by atoms with Gasteiger partial charge in [-0.15, -0.1) is 0 Å². The molecule has 5 nitrogen and oxygen atoms in total. The van der Waals surface area contributed by atoms with Crippen LogP contribution in [0.15, 0.2) is 63.8 Å². The van der Waals surface area contributed by atoms with Crippen LogP contribution in [-0.4, -0.2) is 30.4 Å². The Morgan fingerprint density at radius 1 is 1.15 bits per heavy atom. The summed E-state index contributed by atoms with van der Waals surface area (Å²) in [7, 11) is 0. The molecule has 0 aliphatic carbocycles. The minimum Gasteiger partial charge on any atom is -0.422 e. The van der Waals surface area contributed by atoms with Crippen molar-refractivity contribution < 1.29 is 9.21 Å². The number of rotatable bonds is 3. The van der Waals surface area contributed by atoms with Crippen molar-refractivity contribution >= 4 is 16.9 Å². The van der Waals surface area contributed by atoms with Crippen LogP contribution in [0.4, 0.5) is 0 Å². The van der Waals surface area contributed by atoms with Gasteiger partial charge in [0.15, 0.2) is 0 Å². The third-order valence-corrected chi connectivity index (χ3v) is 4.97. The molecule has 1 saturated heterocycles. The van der Waals surface area contributed by atoms with E-state index in [1.165, 1.54) is 0 Å². The Morgan fingerprint density at radius 2 is 2.00 bits per heavy atom. The average molecular weight is 348 g/mol. The van der Waals surface area contributed by atoms with Crippen LogP contribution in [0.3, 0.4) is 0 Å². The van der Waals surface area contributed by atoms with Gasteiger partial charge in [0, 0.05) is 24.0 Å². The first-order chi connectivity index (χ1) is 12.7. The minimum atomic E-state index is -0.405. The molecule has 1 unspecified atom stereocenters. The summed E-state index contributed by atoms with van der Waals surface area (Å²) >= 11 is 0. The molecule has 26 heavy (non-hydrogen) atoms. The molecule has 0 spiro atoms. The summed E-state index contributed by atoms with van der Waals surface area (Å²) < 4.78 is 5.41. The van der Waals surface area contributed by atoms with Gasteiger partial charge >= 0.3 is 5.63 Å². The molecule has 0 radical (unpaired) electrons. The maximum absolute atomic E-state index is 12.8. The lowest BCUT2D eigenvalue weighted by atomic mass is 10.0. The number of hydrogen-bond donors (Lipinski definition) is 1. The van der Waals surface area contributed by atoms with E-state index >= 15 is 0 Å². The lowest BCUT2D eigenvalue weighted by Gasteiger charge is -2.16. The van der Waals surface area contributed by atoms with Crippen molar-refractivity contribution in [2.75, 3.05) is 19.6 Å². The summed E-state index contributed by atoms with van der Waals surface area (Å²) in [5.74, 6) is 0.350. The second-order valence-corrected chi connectivity index (χ2v) is 6.71. The highest BCUT2D eigenvalue weighted by atomic mass is 16.4. The van der Waals surface area contributed by atoms with E-state index in [2.05, 4.69) is 0 Å². The van der Waals surface area contributed by atoms with Crippen molar-refractivity contribution in [2.24, 2.45) is 11.7 Å². The standard InChI is InChI=1S/C21H20N2O3/c22-12-14-8-9-23(13-14)20(24)17-6-3-5-15(10-17)18-11-16-4-1-2-7-19(16)26-21(18)25/h1-7,10-11,14H,8-9,12-13,22H2. The molecular weight excluding hydrogens is 328 g/mol. The van der Waals surface area contributed by atoms with E-state index in [-0.39, 0.29) is 5.91 Å². The number of likely N-dealkylation sites (tertiary alicyclic amines) is 1. The molecule has 1 fully saturated rings. The number of para-hydroxylation sites is 1. The molecule has 0 bridgehead atoms. The molecule has 0 saturated carbocycles. The molecule has 3 aromatic rings. The van der Waals surface area contributed by atoms with Gasteiger partial charge < -0.3 is 15.1 Å². The van der Waals surface area contributed by atoms with E-state index in [0.717, 1.165) is 18.4 Å². The topological polar surface area (TPSA) is 76.5 Å². The zero-order valence-corrected chi connectivity index (χ0v) is 14.4. The highest BCUT2D eigenvalue weighted by Crippen LogP contribution is 2.24. The third-order valence-electron chi connectivity index (χ3n) is 4.97. The predicted molar refractivity (Wildman–Crippen MR) is 101 cm³/mol. The van der Waals surface area contributed by atoms with Crippen LogP contribution in [0.2, 0.25) is 0 Å². The Balaban J connectivity index is 1.69. The van der Waals surface area contributed by atoms with Crippen molar-refractivity contribution in [3.05, 3.63) is 70.6 Å². The number of carbonyl (C=O) groups is 1. The molecule has 5 heteroatoms. The lowest BCUT2D eigenvalue weighted by Crippen LogP contribution is -2.29. The van der Waals surface area contributed by atoms with E-state index in [0.29, 0.717) is 41.3 Å². The predicted octanol–water partition coefficient (Wildman–Crippen LogP) is 2.88. The fourth-order valence-corrected chi connectivity index (χ4v) is 3.48. The Hall–Kier alpha value is -2.92. The van der Waals surface area contributed by atoms with Crippen molar-refractivity contribution in [1.82, 2.24) is 4.90 Å². The normalized spacial score (nSPS) is 17.0. The minimum absolute atomic E-state index is 0.0204. The summed E-state index contributed by atoms with van der Waals surface area (Å²) in [6.07, 6.45) is 0.941. The van der Waals surface area contributed by atoms with Crippen LogP contribution in [0.25, 0.3) is 22.1 Å². The van der Waals surface area contributed by atoms with E-state index in [4.69, 9.17) is 10.2 Å². The molecule has 2 N–H and O–H groups in total. The second-order valence-electron chi connectivity index (χ2n) is 6.71. The summed E-state index contributed by atoms with van der Waals surface area (Å²) in [4.78, 5) is 27.0. The molecule has 4 rings (SSSR count). The molecule has 1 aromatic heterocycles. The molecule has 2 heterocycles. The summed E-state index contributed by atoms with van der Waals surface area (Å²) in [6, 6.07) is 16.4. The fraction of sp³-hybridized carbons (Fsp3) is 0.238. The van der Waals surface area contributed by atoms with Gasteiger partial charge in [-0.1, -0.05) is 30.3 Å². The first-order valence-electron chi connectivity index (χ1n) is 8.78. The van der Waals surface area contributed by atoms with E-state index in [1.54, 1.807) is 24.3 Å². The van der Waals surface area contributed by atoms with Gasteiger partial charge in [-0.25, -0.2) is 4.79 Å². The Labute approximate surface area is 151 Å². The van der Waals surface area contributed by atoms with E-state index in [9.17, 15) is 9.59 Å². The SMILES string of the molecule is NCC1CCN(C(=O)c2cccc(-c3cc4ccccc4oc3=O)c2)C1. The van der Waals surface area contributed by atoms with Gasteiger partial charge in [0.1, 0.15) is 5.58 Å². The average Bonchev–Trinajstić information content (AvgIpc) is 3.16. The highest BCUT2D eigenvalue weighted by molar-refractivity contribution is 5.96. The fourth-order valence-electron chi connectivity index (χ4n) is 3.48. The van der Waals surface area contributed by atoms with Crippen molar-refractivity contribution in [2.45, 2.75) is 6.42 Å². The Bertz CT molecular complexity index is 1020. The van der Waals surface area contributed by atoms with Gasteiger partial charge in [0.05, 0.1) is 5.56 Å². The molecule has 1 atom stereocenters. The first-order valence-corrected chi connectivity index (χ1v) is 8.78. The molecule has 2 aromatic carbocycles. The molecule has 1 aliphatic heterocycles. The summed E-state index contributed by atoms with van der Waals surface area (Å²) in [5.41, 5.74) is 7.58. The van der Waals surface area contributed by atoms with E-state index in [1.807, 2.05) is 35.2 Å². The number of nitrogens with zero attached hydrogens (tertiary/aromatic N) is 1. The van der Waals surface area contributed by atoms with Crippen LogP contribution in [0.5, 0.6) is 0 Å². The van der Waals surface area contributed by atoms with Crippen molar-refractivity contribution in [1.29, 1.82) is 0 Å². The largest absolute Gasteiger partial charge is 0.422 e. The number of nitrogens with two attached hydrogens (primary N) is 1. The molecular formula is C21H20N2O3. The monoisotopic (exact) mass is 348 g/mol. The van der Waals surface area contributed by atoms with Crippen LogP contribution in [0.1, 0.15) is 16.8 Å². The van der Waals surface area contributed by atoms with E-state index < -0.39 is 5.63 Å². The lowest BCUT2D eigenvalue weighted by molar-refractivity contribution is 0.0787. The highest BCUT2D eigenvalue weighted by Gasteiger charge is 2.26. The smallest absolute Gasteiger partial charge is 0.344 e. The Morgan fingerprint density at radius 3 is 2.81 bits per heavy atom. The summed E-state index contributed by atoms with van der Waals surface area (Å²) in [6.45, 7) is 2.02.